The second-order valence-corrected chi connectivity index (χ2v) is 5.07. The molecule has 3 nitrogen and oxygen atoms in total. The van der Waals surface area contributed by atoms with Gasteiger partial charge in [0.05, 0.1) is 5.69 Å². The molecule has 1 aromatic heterocycles. The average molecular weight is 290 g/mol. The van der Waals surface area contributed by atoms with E-state index in [1.165, 1.54) is 0 Å². The molecule has 0 atom stereocenters. The molecule has 0 unspecified atom stereocenters. The van der Waals surface area contributed by atoms with Crippen LogP contribution in [0, 0.1) is 6.92 Å². The fourth-order valence-electron chi connectivity index (χ4n) is 2.17. The lowest BCUT2D eigenvalue weighted by Crippen LogP contribution is -2.00. The maximum absolute atomic E-state index is 5.85. The standard InChI is InChI=1S/C19H18N2O/c1-15-7-6-12-20-19(15)14-22-18-11-5-10-17(13-18)21-16-8-3-2-4-9-16/h2-13,21H,14H2,1H3. The van der Waals surface area contributed by atoms with Crippen LogP contribution in [-0.2, 0) is 6.61 Å². The molecule has 0 aliphatic carbocycles. The molecule has 0 spiro atoms. The minimum atomic E-state index is 0.474. The number of hydrogen-bond donors (Lipinski definition) is 1. The van der Waals surface area contributed by atoms with Crippen LogP contribution in [0.5, 0.6) is 5.75 Å². The number of nitrogens with zero attached hydrogens (tertiary/aromatic N) is 1. The highest BCUT2D eigenvalue weighted by molar-refractivity contribution is 5.60. The van der Waals surface area contributed by atoms with E-state index in [9.17, 15) is 0 Å². The monoisotopic (exact) mass is 290 g/mol. The molecule has 2 aromatic carbocycles. The molecule has 0 fully saturated rings. The second-order valence-electron chi connectivity index (χ2n) is 5.07. The Balaban J connectivity index is 1.68. The first-order chi connectivity index (χ1) is 10.8. The summed E-state index contributed by atoms with van der Waals surface area (Å²) in [6, 6.07) is 22.0. The third-order valence-electron chi connectivity index (χ3n) is 3.39. The van der Waals surface area contributed by atoms with Crippen molar-refractivity contribution in [3.05, 3.63) is 84.2 Å². The first-order valence-electron chi connectivity index (χ1n) is 7.27. The van der Waals surface area contributed by atoms with Crippen molar-refractivity contribution in [3.8, 4) is 5.75 Å². The van der Waals surface area contributed by atoms with Crippen molar-refractivity contribution in [2.75, 3.05) is 5.32 Å². The van der Waals surface area contributed by atoms with E-state index in [-0.39, 0.29) is 0 Å². The van der Waals surface area contributed by atoms with Gasteiger partial charge in [-0.1, -0.05) is 30.3 Å². The van der Waals surface area contributed by atoms with Crippen LogP contribution in [0.15, 0.2) is 72.9 Å². The van der Waals surface area contributed by atoms with Crippen molar-refractivity contribution in [2.45, 2.75) is 13.5 Å². The zero-order valence-electron chi connectivity index (χ0n) is 12.5. The normalized spacial score (nSPS) is 10.2. The molecular formula is C19H18N2O. The van der Waals surface area contributed by atoms with Crippen molar-refractivity contribution in [1.29, 1.82) is 0 Å². The number of aromatic nitrogens is 1. The van der Waals surface area contributed by atoms with Crippen LogP contribution in [0.3, 0.4) is 0 Å². The molecule has 0 aliphatic rings. The minimum absolute atomic E-state index is 0.474. The largest absolute Gasteiger partial charge is 0.487 e. The van der Waals surface area contributed by atoms with E-state index < -0.39 is 0 Å². The van der Waals surface area contributed by atoms with Gasteiger partial charge in [-0.05, 0) is 42.8 Å². The topological polar surface area (TPSA) is 34.1 Å². The lowest BCUT2D eigenvalue weighted by Gasteiger charge is -2.10. The minimum Gasteiger partial charge on any atom is -0.487 e. The molecule has 22 heavy (non-hydrogen) atoms. The van der Waals surface area contributed by atoms with Gasteiger partial charge in [0, 0.05) is 23.6 Å². The molecule has 0 saturated carbocycles. The third kappa shape index (κ3) is 3.64. The fraction of sp³-hybridized carbons (Fsp3) is 0.105. The predicted molar refractivity (Wildman–Crippen MR) is 89.5 cm³/mol. The molecule has 0 amide bonds. The zero-order chi connectivity index (χ0) is 15.2. The summed E-state index contributed by atoms with van der Waals surface area (Å²) >= 11 is 0. The number of benzene rings is 2. The Morgan fingerprint density at radius 1 is 0.909 bits per heavy atom. The Hall–Kier alpha value is -2.81. The molecular weight excluding hydrogens is 272 g/mol. The highest BCUT2D eigenvalue weighted by atomic mass is 16.5. The van der Waals surface area contributed by atoms with Crippen LogP contribution in [0.25, 0.3) is 0 Å². The number of rotatable bonds is 5. The van der Waals surface area contributed by atoms with Crippen LogP contribution in [0.4, 0.5) is 11.4 Å². The van der Waals surface area contributed by atoms with Crippen molar-refractivity contribution in [1.82, 2.24) is 4.98 Å². The van der Waals surface area contributed by atoms with Crippen molar-refractivity contribution in [2.24, 2.45) is 0 Å². The number of ether oxygens (including phenoxy) is 1. The van der Waals surface area contributed by atoms with Crippen LogP contribution in [0.1, 0.15) is 11.3 Å². The molecule has 110 valence electrons. The van der Waals surface area contributed by atoms with Gasteiger partial charge in [0.15, 0.2) is 0 Å². The van der Waals surface area contributed by atoms with Crippen LogP contribution < -0.4 is 10.1 Å². The molecule has 0 bridgehead atoms. The van der Waals surface area contributed by atoms with Crippen LogP contribution in [-0.4, -0.2) is 4.98 Å². The lowest BCUT2D eigenvalue weighted by atomic mass is 10.2. The van der Waals surface area contributed by atoms with E-state index in [0.717, 1.165) is 28.4 Å². The number of nitrogens with one attached hydrogen (secondary N) is 1. The van der Waals surface area contributed by atoms with E-state index >= 15 is 0 Å². The number of para-hydroxylation sites is 1. The summed E-state index contributed by atoms with van der Waals surface area (Å²) in [5, 5.41) is 3.36. The first kappa shape index (κ1) is 14.1. The Bertz CT molecular complexity index is 741. The number of pyridine rings is 1. The van der Waals surface area contributed by atoms with E-state index in [1.54, 1.807) is 6.20 Å². The summed E-state index contributed by atoms with van der Waals surface area (Å²) in [6.45, 7) is 2.51. The Morgan fingerprint density at radius 3 is 2.55 bits per heavy atom. The quantitative estimate of drug-likeness (QED) is 0.738. The highest BCUT2D eigenvalue weighted by Crippen LogP contribution is 2.22. The van der Waals surface area contributed by atoms with Gasteiger partial charge in [0.25, 0.3) is 0 Å². The molecule has 0 radical (unpaired) electrons. The Morgan fingerprint density at radius 2 is 1.73 bits per heavy atom. The number of hydrogen-bond acceptors (Lipinski definition) is 3. The van der Waals surface area contributed by atoms with Crippen molar-refractivity contribution in [3.63, 3.8) is 0 Å². The average Bonchev–Trinajstić information content (AvgIpc) is 2.55. The van der Waals surface area contributed by atoms with Gasteiger partial charge in [-0.2, -0.15) is 0 Å². The van der Waals surface area contributed by atoms with E-state index in [0.29, 0.717) is 6.61 Å². The Kier molecular flexibility index (Phi) is 4.35. The first-order valence-corrected chi connectivity index (χ1v) is 7.27. The Labute approximate surface area is 130 Å². The van der Waals surface area contributed by atoms with Crippen LogP contribution >= 0.6 is 0 Å². The van der Waals surface area contributed by atoms with Crippen molar-refractivity contribution < 1.29 is 4.74 Å². The molecule has 3 aromatic rings. The SMILES string of the molecule is Cc1cccnc1COc1cccc(Nc2ccccc2)c1. The van der Waals surface area contributed by atoms with Gasteiger partial charge in [-0.15, -0.1) is 0 Å². The zero-order valence-corrected chi connectivity index (χ0v) is 12.5. The van der Waals surface area contributed by atoms with Gasteiger partial charge in [-0.25, -0.2) is 0 Å². The summed E-state index contributed by atoms with van der Waals surface area (Å²) in [4.78, 5) is 4.34. The van der Waals surface area contributed by atoms with Crippen LogP contribution in [0.2, 0.25) is 0 Å². The maximum Gasteiger partial charge on any atom is 0.130 e. The lowest BCUT2D eigenvalue weighted by molar-refractivity contribution is 0.300. The van der Waals surface area contributed by atoms with Crippen molar-refractivity contribution >= 4 is 11.4 Å². The van der Waals surface area contributed by atoms with Gasteiger partial charge >= 0.3 is 0 Å². The van der Waals surface area contributed by atoms with E-state index in [1.807, 2.05) is 73.7 Å². The second kappa shape index (κ2) is 6.76. The molecule has 1 N–H and O–H groups in total. The predicted octanol–water partition coefficient (Wildman–Crippen LogP) is 4.71. The highest BCUT2D eigenvalue weighted by Gasteiger charge is 2.02. The smallest absolute Gasteiger partial charge is 0.130 e. The number of anilines is 2. The van der Waals surface area contributed by atoms with Gasteiger partial charge in [0.1, 0.15) is 12.4 Å². The summed E-state index contributed by atoms with van der Waals surface area (Å²) in [7, 11) is 0. The van der Waals surface area contributed by atoms with Gasteiger partial charge in [0.2, 0.25) is 0 Å². The van der Waals surface area contributed by atoms with Gasteiger partial charge < -0.3 is 10.1 Å². The van der Waals surface area contributed by atoms with E-state index in [4.69, 9.17) is 4.74 Å². The molecule has 3 rings (SSSR count). The number of aryl methyl sites for hydroxylation is 1. The fourth-order valence-corrected chi connectivity index (χ4v) is 2.17. The summed E-state index contributed by atoms with van der Waals surface area (Å²) in [5.74, 6) is 0.825. The maximum atomic E-state index is 5.85. The molecule has 0 aliphatic heterocycles. The molecule has 3 heteroatoms. The third-order valence-corrected chi connectivity index (χ3v) is 3.39. The van der Waals surface area contributed by atoms with Gasteiger partial charge in [-0.3, -0.25) is 4.98 Å². The summed E-state index contributed by atoms with van der Waals surface area (Å²) in [5.41, 5.74) is 4.16. The summed E-state index contributed by atoms with van der Waals surface area (Å²) in [6.07, 6.45) is 1.79. The summed E-state index contributed by atoms with van der Waals surface area (Å²) < 4.78 is 5.85. The van der Waals surface area contributed by atoms with E-state index in [2.05, 4.69) is 10.3 Å². The molecule has 0 saturated heterocycles. The molecule has 1 heterocycles.